The van der Waals surface area contributed by atoms with Gasteiger partial charge in [-0.15, -0.1) is 0 Å². The van der Waals surface area contributed by atoms with Crippen molar-refractivity contribution in [3.63, 3.8) is 0 Å². The van der Waals surface area contributed by atoms with Gasteiger partial charge in [-0.05, 0) is 55.5 Å². The first-order valence-corrected chi connectivity index (χ1v) is 11.0. The standard InChI is InChI=1S/C26H20ClN3O4/c1-3-33-24-16(7-6-10-22(24)32-2)15-28-30-25(29-20-9-5-4-8-19(20)26(30)31)23-14-17-13-18(27)11-12-21(17)34-23/h4-15H,3H2,1-2H3. The van der Waals surface area contributed by atoms with Crippen molar-refractivity contribution in [3.05, 3.63) is 87.7 Å². The van der Waals surface area contributed by atoms with E-state index in [4.69, 9.17) is 30.5 Å². The average molecular weight is 474 g/mol. The second-order valence-corrected chi connectivity index (χ2v) is 7.85. The number of nitrogens with zero attached hydrogens (tertiary/aromatic N) is 3. The van der Waals surface area contributed by atoms with Gasteiger partial charge in [-0.3, -0.25) is 4.79 Å². The number of halogens is 1. The van der Waals surface area contributed by atoms with Crippen LogP contribution in [0.1, 0.15) is 12.5 Å². The molecule has 0 unspecified atom stereocenters. The lowest BCUT2D eigenvalue weighted by Crippen LogP contribution is -2.20. The average Bonchev–Trinajstić information content (AvgIpc) is 3.27. The molecule has 0 fully saturated rings. The maximum absolute atomic E-state index is 13.4. The Morgan fingerprint density at radius 2 is 1.97 bits per heavy atom. The smallest absolute Gasteiger partial charge is 0.282 e. The van der Waals surface area contributed by atoms with Crippen molar-refractivity contribution in [2.24, 2.45) is 5.10 Å². The number of benzene rings is 3. The second kappa shape index (κ2) is 9.03. The predicted molar refractivity (Wildman–Crippen MR) is 133 cm³/mol. The van der Waals surface area contributed by atoms with E-state index in [0.717, 1.165) is 5.39 Å². The van der Waals surface area contributed by atoms with Crippen molar-refractivity contribution in [1.29, 1.82) is 0 Å². The summed E-state index contributed by atoms with van der Waals surface area (Å²) in [5, 5.41) is 6.33. The Labute approximate surface area is 199 Å². The third-order valence-corrected chi connectivity index (χ3v) is 5.52. The largest absolute Gasteiger partial charge is 0.493 e. The molecule has 0 amide bonds. The molecule has 0 aliphatic carbocycles. The molecule has 0 radical (unpaired) electrons. The number of rotatable bonds is 6. The van der Waals surface area contributed by atoms with Crippen molar-refractivity contribution in [1.82, 2.24) is 9.66 Å². The summed E-state index contributed by atoms with van der Waals surface area (Å²) in [6.07, 6.45) is 1.55. The van der Waals surface area contributed by atoms with E-state index >= 15 is 0 Å². The summed E-state index contributed by atoms with van der Waals surface area (Å²) < 4.78 is 18.4. The van der Waals surface area contributed by atoms with Gasteiger partial charge in [0, 0.05) is 16.0 Å². The van der Waals surface area contributed by atoms with Crippen LogP contribution in [-0.2, 0) is 0 Å². The molecule has 0 atom stereocenters. The molecule has 5 aromatic rings. The van der Waals surface area contributed by atoms with E-state index in [1.165, 1.54) is 4.68 Å². The van der Waals surface area contributed by atoms with E-state index in [1.807, 2.05) is 25.1 Å². The zero-order valence-electron chi connectivity index (χ0n) is 18.5. The summed E-state index contributed by atoms with van der Waals surface area (Å²) >= 11 is 6.13. The van der Waals surface area contributed by atoms with Crippen LogP contribution in [0.2, 0.25) is 5.02 Å². The van der Waals surface area contributed by atoms with E-state index < -0.39 is 0 Å². The summed E-state index contributed by atoms with van der Waals surface area (Å²) in [6, 6.07) is 19.7. The van der Waals surface area contributed by atoms with Crippen LogP contribution in [0, 0.1) is 0 Å². The molecular formula is C26H20ClN3O4. The minimum Gasteiger partial charge on any atom is -0.493 e. The highest BCUT2D eigenvalue weighted by Crippen LogP contribution is 2.31. The lowest BCUT2D eigenvalue weighted by molar-refractivity contribution is 0.310. The number of aromatic nitrogens is 2. The molecule has 2 heterocycles. The van der Waals surface area contributed by atoms with Gasteiger partial charge in [-0.2, -0.15) is 9.78 Å². The van der Waals surface area contributed by atoms with Crippen LogP contribution < -0.4 is 15.0 Å². The summed E-state index contributed by atoms with van der Waals surface area (Å²) in [6.45, 7) is 2.34. The Kier molecular flexibility index (Phi) is 5.77. The summed E-state index contributed by atoms with van der Waals surface area (Å²) in [7, 11) is 1.57. The molecule has 5 rings (SSSR count). The number of ether oxygens (including phenoxy) is 2. The summed E-state index contributed by atoms with van der Waals surface area (Å²) in [4.78, 5) is 18.1. The zero-order valence-corrected chi connectivity index (χ0v) is 19.2. The Bertz CT molecular complexity index is 1600. The van der Waals surface area contributed by atoms with E-state index in [2.05, 4.69) is 5.10 Å². The molecule has 0 aliphatic rings. The van der Waals surface area contributed by atoms with Crippen molar-refractivity contribution in [2.45, 2.75) is 6.92 Å². The molecule has 34 heavy (non-hydrogen) atoms. The highest BCUT2D eigenvalue weighted by atomic mass is 35.5. The van der Waals surface area contributed by atoms with Crippen molar-refractivity contribution >= 4 is 39.7 Å². The molecule has 2 aromatic heterocycles. The van der Waals surface area contributed by atoms with Gasteiger partial charge in [0.05, 0.1) is 30.8 Å². The number of methoxy groups -OCH3 is 1. The fourth-order valence-electron chi connectivity index (χ4n) is 3.73. The maximum Gasteiger partial charge on any atom is 0.282 e. The first kappa shape index (κ1) is 21.7. The Balaban J connectivity index is 1.72. The normalized spacial score (nSPS) is 11.5. The molecule has 0 aliphatic heterocycles. The first-order valence-electron chi connectivity index (χ1n) is 10.6. The minimum atomic E-state index is -0.323. The Hall–Kier alpha value is -4.10. The second-order valence-electron chi connectivity index (χ2n) is 7.42. The van der Waals surface area contributed by atoms with E-state index in [1.54, 1.807) is 61.9 Å². The quantitative estimate of drug-likeness (QED) is 0.293. The fourth-order valence-corrected chi connectivity index (χ4v) is 3.91. The van der Waals surface area contributed by atoms with Gasteiger partial charge in [0.25, 0.3) is 5.56 Å². The van der Waals surface area contributed by atoms with Gasteiger partial charge < -0.3 is 13.9 Å². The number of hydrogen-bond acceptors (Lipinski definition) is 6. The molecular weight excluding hydrogens is 454 g/mol. The molecule has 7 nitrogen and oxygen atoms in total. The number of fused-ring (bicyclic) bond motifs is 2. The molecule has 0 N–H and O–H groups in total. The van der Waals surface area contributed by atoms with Crippen LogP contribution in [0.5, 0.6) is 11.5 Å². The van der Waals surface area contributed by atoms with E-state index in [0.29, 0.717) is 50.9 Å². The predicted octanol–water partition coefficient (Wildman–Crippen LogP) is 5.75. The molecule has 0 spiro atoms. The molecule has 8 heteroatoms. The zero-order chi connectivity index (χ0) is 23.7. The lowest BCUT2D eigenvalue weighted by atomic mass is 10.2. The number of hydrogen-bond donors (Lipinski definition) is 0. The van der Waals surface area contributed by atoms with Crippen LogP contribution >= 0.6 is 11.6 Å². The Morgan fingerprint density at radius 3 is 2.79 bits per heavy atom. The van der Waals surface area contributed by atoms with E-state index in [-0.39, 0.29) is 11.4 Å². The van der Waals surface area contributed by atoms with Crippen LogP contribution in [0.4, 0.5) is 0 Å². The monoisotopic (exact) mass is 473 g/mol. The highest BCUT2D eigenvalue weighted by molar-refractivity contribution is 6.31. The van der Waals surface area contributed by atoms with Crippen LogP contribution in [0.25, 0.3) is 33.5 Å². The van der Waals surface area contributed by atoms with Crippen molar-refractivity contribution < 1.29 is 13.9 Å². The highest BCUT2D eigenvalue weighted by Gasteiger charge is 2.17. The van der Waals surface area contributed by atoms with Crippen molar-refractivity contribution in [2.75, 3.05) is 13.7 Å². The first-order chi connectivity index (χ1) is 16.6. The third-order valence-electron chi connectivity index (χ3n) is 5.28. The van der Waals surface area contributed by atoms with Crippen molar-refractivity contribution in [3.8, 4) is 23.1 Å². The maximum atomic E-state index is 13.4. The number of para-hydroxylation sites is 2. The Morgan fingerprint density at radius 1 is 1.12 bits per heavy atom. The number of furan rings is 1. The molecule has 170 valence electrons. The fraction of sp³-hybridized carbons (Fsp3) is 0.115. The topological polar surface area (TPSA) is 78.9 Å². The SMILES string of the molecule is CCOc1c(C=Nn2c(-c3cc4cc(Cl)ccc4o3)nc3ccccc3c2=O)cccc1OC. The van der Waals surface area contributed by atoms with Crippen LogP contribution in [0.15, 0.2) is 81.0 Å². The van der Waals surface area contributed by atoms with Gasteiger partial charge in [-0.1, -0.05) is 29.8 Å². The van der Waals surface area contributed by atoms with Gasteiger partial charge in [0.2, 0.25) is 5.82 Å². The molecule has 0 saturated carbocycles. The minimum absolute atomic E-state index is 0.271. The summed E-state index contributed by atoms with van der Waals surface area (Å²) in [5.41, 5.74) is 1.51. The van der Waals surface area contributed by atoms with Gasteiger partial charge >= 0.3 is 0 Å². The van der Waals surface area contributed by atoms with Crippen LogP contribution in [-0.4, -0.2) is 29.6 Å². The molecule has 3 aromatic carbocycles. The van der Waals surface area contributed by atoms with Gasteiger partial charge in [0.1, 0.15) is 5.58 Å². The molecule has 0 saturated heterocycles. The van der Waals surface area contributed by atoms with E-state index in [9.17, 15) is 4.79 Å². The third kappa shape index (κ3) is 3.91. The van der Waals surface area contributed by atoms with Crippen LogP contribution in [0.3, 0.4) is 0 Å². The summed E-state index contributed by atoms with van der Waals surface area (Å²) in [5.74, 6) is 1.78. The van der Waals surface area contributed by atoms with Gasteiger partial charge in [-0.25, -0.2) is 4.98 Å². The van der Waals surface area contributed by atoms with Gasteiger partial charge in [0.15, 0.2) is 17.3 Å². The lowest BCUT2D eigenvalue weighted by Gasteiger charge is -2.12. The molecule has 0 bridgehead atoms.